The lowest BCUT2D eigenvalue weighted by molar-refractivity contribution is 0.488. The molecule has 2 aliphatic heterocycles. The second-order valence-corrected chi connectivity index (χ2v) is 8.91. The fourth-order valence-electron chi connectivity index (χ4n) is 5.97. The Morgan fingerprint density at radius 3 is 2.21 bits per heavy atom. The van der Waals surface area contributed by atoms with E-state index in [1.165, 1.54) is 55.0 Å². The number of rotatable bonds is 1. The van der Waals surface area contributed by atoms with Crippen molar-refractivity contribution in [2.24, 2.45) is 0 Å². The van der Waals surface area contributed by atoms with Gasteiger partial charge in [0.05, 0.1) is 11.0 Å². The molecule has 0 fully saturated rings. The van der Waals surface area contributed by atoms with E-state index in [1.807, 2.05) is 0 Å². The summed E-state index contributed by atoms with van der Waals surface area (Å²) >= 11 is 0. The van der Waals surface area contributed by atoms with Crippen LogP contribution in [0.25, 0.3) is 38.6 Å². The number of aromatic nitrogens is 1. The van der Waals surface area contributed by atoms with Crippen LogP contribution in [0.3, 0.4) is 0 Å². The van der Waals surface area contributed by atoms with E-state index in [0.717, 1.165) is 11.5 Å². The van der Waals surface area contributed by atoms with Crippen LogP contribution in [0.15, 0.2) is 109 Å². The van der Waals surface area contributed by atoms with Gasteiger partial charge < -0.3 is 9.30 Å². The summed E-state index contributed by atoms with van der Waals surface area (Å²) in [6, 6.07) is 39.1. The van der Waals surface area contributed by atoms with Crippen molar-refractivity contribution >= 4 is 44.9 Å². The standard InChI is InChI=1S/C30H18BNO/c1-2-9-19(10-3-1)20-11-8-12-21-22-17-18-27-28-30(22)32(29(20)21)25-15-6-4-13-23(25)31(28)24-14-5-7-16-26(24)33-27/h1-18H. The van der Waals surface area contributed by atoms with Gasteiger partial charge in [0.25, 0.3) is 6.71 Å². The highest BCUT2D eigenvalue weighted by molar-refractivity contribution is 6.99. The SMILES string of the molecule is c1ccc(-c2cccc3c4ccc5c6c4n(c23)-c2ccccc2B6c2ccccc2O5)cc1. The molecule has 2 aliphatic rings. The van der Waals surface area contributed by atoms with E-state index in [4.69, 9.17) is 4.74 Å². The third-order valence-corrected chi connectivity index (χ3v) is 7.26. The Morgan fingerprint density at radius 1 is 0.545 bits per heavy atom. The summed E-state index contributed by atoms with van der Waals surface area (Å²) in [5.41, 5.74) is 10.1. The fourth-order valence-corrected chi connectivity index (χ4v) is 5.97. The zero-order chi connectivity index (χ0) is 21.5. The Kier molecular flexibility index (Phi) is 3.24. The molecule has 1 aromatic heterocycles. The summed E-state index contributed by atoms with van der Waals surface area (Å²) in [6.07, 6.45) is 0. The van der Waals surface area contributed by atoms with Gasteiger partial charge in [0, 0.05) is 22.0 Å². The van der Waals surface area contributed by atoms with Gasteiger partial charge in [-0.15, -0.1) is 0 Å². The molecule has 0 spiro atoms. The summed E-state index contributed by atoms with van der Waals surface area (Å²) in [5, 5.41) is 2.56. The molecule has 0 radical (unpaired) electrons. The summed E-state index contributed by atoms with van der Waals surface area (Å²) in [7, 11) is 0. The lowest BCUT2D eigenvalue weighted by Gasteiger charge is -2.32. The highest BCUT2D eigenvalue weighted by atomic mass is 16.5. The van der Waals surface area contributed by atoms with Crippen LogP contribution in [0, 0.1) is 0 Å². The van der Waals surface area contributed by atoms with Gasteiger partial charge >= 0.3 is 0 Å². The highest BCUT2D eigenvalue weighted by Gasteiger charge is 2.40. The van der Waals surface area contributed by atoms with Gasteiger partial charge in [0.2, 0.25) is 0 Å². The Bertz CT molecular complexity index is 1750. The molecule has 6 aromatic rings. The molecule has 0 bridgehead atoms. The van der Waals surface area contributed by atoms with E-state index >= 15 is 0 Å². The molecule has 0 saturated carbocycles. The van der Waals surface area contributed by atoms with Crippen LogP contribution in [-0.4, -0.2) is 11.3 Å². The molecule has 3 heterocycles. The van der Waals surface area contributed by atoms with E-state index in [1.54, 1.807) is 0 Å². The Morgan fingerprint density at radius 2 is 1.30 bits per heavy atom. The molecule has 0 amide bonds. The van der Waals surface area contributed by atoms with Gasteiger partial charge in [0.15, 0.2) is 0 Å². The number of hydrogen-bond donors (Lipinski definition) is 0. The molecule has 0 unspecified atom stereocenters. The van der Waals surface area contributed by atoms with Crippen LogP contribution >= 0.6 is 0 Å². The van der Waals surface area contributed by atoms with Crippen molar-refractivity contribution in [3.63, 3.8) is 0 Å². The third kappa shape index (κ3) is 2.14. The van der Waals surface area contributed by atoms with Crippen LogP contribution in [0.5, 0.6) is 11.5 Å². The second kappa shape index (κ2) is 6.17. The van der Waals surface area contributed by atoms with Crippen LogP contribution in [0.2, 0.25) is 0 Å². The van der Waals surface area contributed by atoms with Crippen LogP contribution in [0.1, 0.15) is 0 Å². The summed E-state index contributed by atoms with van der Waals surface area (Å²) in [5.74, 6) is 1.92. The average molecular weight is 419 g/mol. The first-order chi connectivity index (χ1) is 16.4. The van der Waals surface area contributed by atoms with E-state index in [2.05, 4.69) is 114 Å². The lowest BCUT2D eigenvalue weighted by Crippen LogP contribution is -2.58. The number of nitrogens with zero attached hydrogens (tertiary/aromatic N) is 1. The number of para-hydroxylation sites is 3. The Hall–Kier alpha value is -4.24. The molecule has 0 N–H and O–H groups in total. The van der Waals surface area contributed by atoms with E-state index < -0.39 is 0 Å². The molecule has 33 heavy (non-hydrogen) atoms. The van der Waals surface area contributed by atoms with Crippen LogP contribution < -0.4 is 21.1 Å². The maximum absolute atomic E-state index is 6.46. The minimum absolute atomic E-state index is 0.168. The smallest absolute Gasteiger partial charge is 0.256 e. The van der Waals surface area contributed by atoms with Crippen molar-refractivity contribution in [3.05, 3.63) is 109 Å². The Labute approximate surface area is 191 Å². The second-order valence-electron chi connectivity index (χ2n) is 8.91. The predicted molar refractivity (Wildman–Crippen MR) is 137 cm³/mol. The molecule has 0 atom stereocenters. The van der Waals surface area contributed by atoms with Gasteiger partial charge in [-0.05, 0) is 46.2 Å². The quantitative estimate of drug-likeness (QED) is 0.326. The molecule has 2 nitrogen and oxygen atoms in total. The largest absolute Gasteiger partial charge is 0.458 e. The zero-order valence-corrected chi connectivity index (χ0v) is 17.8. The number of benzene rings is 5. The minimum atomic E-state index is 0.168. The first-order valence-corrected chi connectivity index (χ1v) is 11.4. The molecular weight excluding hydrogens is 401 g/mol. The molecular formula is C30H18BNO. The monoisotopic (exact) mass is 419 g/mol. The first kappa shape index (κ1) is 17.3. The van der Waals surface area contributed by atoms with Crippen molar-refractivity contribution < 1.29 is 4.74 Å². The number of ether oxygens (including phenoxy) is 1. The third-order valence-electron chi connectivity index (χ3n) is 7.26. The molecule has 0 saturated heterocycles. The van der Waals surface area contributed by atoms with Crippen molar-refractivity contribution in [1.82, 2.24) is 4.57 Å². The maximum atomic E-state index is 6.46. The first-order valence-electron chi connectivity index (χ1n) is 11.4. The number of hydrogen-bond acceptors (Lipinski definition) is 1. The minimum Gasteiger partial charge on any atom is -0.458 e. The van der Waals surface area contributed by atoms with Crippen molar-refractivity contribution in [2.75, 3.05) is 0 Å². The highest BCUT2D eigenvalue weighted by Crippen LogP contribution is 2.41. The summed E-state index contributed by atoms with van der Waals surface area (Å²) in [4.78, 5) is 0. The molecule has 152 valence electrons. The van der Waals surface area contributed by atoms with Gasteiger partial charge in [-0.2, -0.15) is 0 Å². The predicted octanol–water partition coefficient (Wildman–Crippen LogP) is 5.39. The summed E-state index contributed by atoms with van der Waals surface area (Å²) in [6.45, 7) is 0.168. The average Bonchev–Trinajstić information content (AvgIpc) is 3.23. The van der Waals surface area contributed by atoms with Crippen LogP contribution in [-0.2, 0) is 0 Å². The maximum Gasteiger partial charge on any atom is 0.256 e. The van der Waals surface area contributed by atoms with Gasteiger partial charge in [0.1, 0.15) is 11.5 Å². The Balaban J connectivity index is 1.61. The van der Waals surface area contributed by atoms with Gasteiger partial charge in [-0.1, -0.05) is 84.9 Å². The van der Waals surface area contributed by atoms with Crippen molar-refractivity contribution in [2.45, 2.75) is 0 Å². The van der Waals surface area contributed by atoms with E-state index in [-0.39, 0.29) is 6.71 Å². The molecule has 3 heteroatoms. The van der Waals surface area contributed by atoms with Crippen molar-refractivity contribution in [3.8, 4) is 28.3 Å². The lowest BCUT2D eigenvalue weighted by atomic mass is 9.34. The molecule has 8 rings (SSSR count). The normalized spacial score (nSPS) is 13.0. The fraction of sp³-hybridized carbons (Fsp3) is 0. The topological polar surface area (TPSA) is 14.2 Å². The summed E-state index contributed by atoms with van der Waals surface area (Å²) < 4.78 is 8.94. The number of fused-ring (bicyclic) bond motifs is 8. The molecule has 0 aliphatic carbocycles. The zero-order valence-electron chi connectivity index (χ0n) is 17.8. The van der Waals surface area contributed by atoms with Crippen molar-refractivity contribution in [1.29, 1.82) is 0 Å². The van der Waals surface area contributed by atoms with Crippen LogP contribution in [0.4, 0.5) is 0 Å². The van der Waals surface area contributed by atoms with E-state index in [0.29, 0.717) is 0 Å². The molecule has 5 aromatic carbocycles. The van der Waals surface area contributed by atoms with Gasteiger partial charge in [-0.25, -0.2) is 0 Å². The van der Waals surface area contributed by atoms with Gasteiger partial charge in [-0.3, -0.25) is 0 Å². The van der Waals surface area contributed by atoms with E-state index in [9.17, 15) is 0 Å².